The molecule has 0 spiro atoms. The molecule has 0 radical (unpaired) electrons. The Morgan fingerprint density at radius 1 is 1.38 bits per heavy atom. The molecule has 1 aliphatic rings. The van der Waals surface area contributed by atoms with Gasteiger partial charge in [-0.2, -0.15) is 0 Å². The summed E-state index contributed by atoms with van der Waals surface area (Å²) in [5.41, 5.74) is 2.26. The lowest BCUT2D eigenvalue weighted by Crippen LogP contribution is -2.33. The number of carbonyl (C=O) groups excluding carboxylic acids is 2. The highest BCUT2D eigenvalue weighted by atomic mass is 16.5. The summed E-state index contributed by atoms with van der Waals surface area (Å²) in [5.74, 6) is -1.27. The van der Waals surface area contributed by atoms with Gasteiger partial charge in [0.2, 0.25) is 0 Å². The van der Waals surface area contributed by atoms with Crippen molar-refractivity contribution in [1.29, 1.82) is 0 Å². The first kappa shape index (κ1) is 10.9. The van der Waals surface area contributed by atoms with Crippen LogP contribution in [0.15, 0.2) is 24.3 Å². The summed E-state index contributed by atoms with van der Waals surface area (Å²) < 4.78 is 4.58. The Labute approximate surface area is 94.4 Å². The molecular formula is C13H14O3. The molecule has 1 aliphatic carbocycles. The first-order valence-corrected chi connectivity index (χ1v) is 5.34. The van der Waals surface area contributed by atoms with Gasteiger partial charge in [0.05, 0.1) is 7.11 Å². The summed E-state index contributed by atoms with van der Waals surface area (Å²) in [7, 11) is 1.31. The lowest BCUT2D eigenvalue weighted by molar-refractivity contribution is -0.149. The smallest absolute Gasteiger partial charge is 0.315 e. The van der Waals surface area contributed by atoms with Crippen molar-refractivity contribution in [1.82, 2.24) is 0 Å². The third-order valence-corrected chi connectivity index (χ3v) is 3.18. The zero-order valence-electron chi connectivity index (χ0n) is 9.40. The molecule has 2 rings (SSSR count). The van der Waals surface area contributed by atoms with Gasteiger partial charge in [-0.1, -0.05) is 24.3 Å². The minimum absolute atomic E-state index is 0.0365. The van der Waals surface area contributed by atoms with Gasteiger partial charge in [0.25, 0.3) is 0 Å². The monoisotopic (exact) mass is 218 g/mol. The zero-order valence-corrected chi connectivity index (χ0v) is 9.40. The number of Topliss-reactive ketones (excluding diaryl/α,β-unsaturated/α-hetero) is 1. The van der Waals surface area contributed by atoms with Crippen molar-refractivity contribution in [3.63, 3.8) is 0 Å². The van der Waals surface area contributed by atoms with Crippen LogP contribution in [0.2, 0.25) is 0 Å². The molecule has 0 saturated carbocycles. The van der Waals surface area contributed by atoms with Crippen molar-refractivity contribution >= 4 is 11.8 Å². The van der Waals surface area contributed by atoms with Gasteiger partial charge in [-0.05, 0) is 24.5 Å². The second kappa shape index (κ2) is 4.08. The summed E-state index contributed by atoms with van der Waals surface area (Å²) in [4.78, 5) is 23.3. The predicted octanol–water partition coefficient (Wildman–Crippen LogP) is 1.70. The van der Waals surface area contributed by atoms with Crippen LogP contribution in [0.1, 0.15) is 24.0 Å². The summed E-state index contributed by atoms with van der Waals surface area (Å²) in [6.07, 6.45) is 0.746. The summed E-state index contributed by atoms with van der Waals surface area (Å²) >= 11 is 0. The maximum atomic E-state index is 12.0. The molecule has 0 aliphatic heterocycles. The van der Waals surface area contributed by atoms with Gasteiger partial charge in [-0.25, -0.2) is 0 Å². The molecule has 0 heterocycles. The molecule has 0 N–H and O–H groups in total. The molecule has 0 fully saturated rings. The van der Waals surface area contributed by atoms with Crippen LogP contribution in [0.5, 0.6) is 0 Å². The third-order valence-electron chi connectivity index (χ3n) is 3.18. The lowest BCUT2D eigenvalue weighted by atomic mass is 9.73. The van der Waals surface area contributed by atoms with E-state index in [0.29, 0.717) is 0 Å². The number of carbonyl (C=O) groups is 2. The van der Waals surface area contributed by atoms with Crippen molar-refractivity contribution in [3.8, 4) is 0 Å². The van der Waals surface area contributed by atoms with E-state index >= 15 is 0 Å². The molecular weight excluding hydrogens is 204 g/mol. The molecule has 1 aromatic carbocycles. The van der Waals surface area contributed by atoms with E-state index in [1.165, 1.54) is 12.7 Å². The highest BCUT2D eigenvalue weighted by molar-refractivity contribution is 6.03. The van der Waals surface area contributed by atoms with Crippen LogP contribution >= 0.6 is 0 Å². The standard InChI is InChI=1S/C13H14O3/c1-8(13(15)16-2)12(14)11-7-9-5-3-4-6-10(9)11/h3-6,8,11H,7H2,1-2H3. The largest absolute Gasteiger partial charge is 0.468 e. The van der Waals surface area contributed by atoms with Gasteiger partial charge in [0.1, 0.15) is 5.92 Å². The van der Waals surface area contributed by atoms with E-state index in [0.717, 1.165) is 12.0 Å². The zero-order chi connectivity index (χ0) is 11.7. The predicted molar refractivity (Wildman–Crippen MR) is 59.1 cm³/mol. The molecule has 2 unspecified atom stereocenters. The summed E-state index contributed by atoms with van der Waals surface area (Å²) in [6.45, 7) is 1.61. The number of fused-ring (bicyclic) bond motifs is 1. The Balaban J connectivity index is 2.13. The van der Waals surface area contributed by atoms with Gasteiger partial charge in [-0.3, -0.25) is 9.59 Å². The topological polar surface area (TPSA) is 43.4 Å². The Morgan fingerprint density at radius 2 is 2.06 bits per heavy atom. The maximum absolute atomic E-state index is 12.0. The number of ether oxygens (including phenoxy) is 1. The van der Waals surface area contributed by atoms with Gasteiger partial charge in [0.15, 0.2) is 5.78 Å². The fourth-order valence-electron chi connectivity index (χ4n) is 2.11. The molecule has 84 valence electrons. The number of benzene rings is 1. The normalized spacial score (nSPS) is 19.2. The number of methoxy groups -OCH3 is 1. The Morgan fingerprint density at radius 3 is 2.69 bits per heavy atom. The van der Waals surface area contributed by atoms with Gasteiger partial charge in [-0.15, -0.1) is 0 Å². The molecule has 3 nitrogen and oxygen atoms in total. The van der Waals surface area contributed by atoms with Gasteiger partial charge >= 0.3 is 5.97 Å². The van der Waals surface area contributed by atoms with Gasteiger partial charge < -0.3 is 4.74 Å². The van der Waals surface area contributed by atoms with E-state index in [1.807, 2.05) is 24.3 Å². The molecule has 0 saturated heterocycles. The average molecular weight is 218 g/mol. The summed E-state index contributed by atoms with van der Waals surface area (Å²) in [5, 5.41) is 0. The molecule has 0 aromatic heterocycles. The summed E-state index contributed by atoms with van der Waals surface area (Å²) in [6, 6.07) is 7.84. The molecule has 2 atom stereocenters. The minimum atomic E-state index is -0.664. The Kier molecular flexibility index (Phi) is 2.77. The maximum Gasteiger partial charge on any atom is 0.315 e. The first-order chi connectivity index (χ1) is 7.65. The van der Waals surface area contributed by atoms with Gasteiger partial charge in [0, 0.05) is 5.92 Å². The Bertz CT molecular complexity index is 437. The molecule has 0 amide bonds. The molecule has 1 aromatic rings. The number of esters is 1. The number of ketones is 1. The van der Waals surface area contributed by atoms with Crippen LogP contribution in [0.25, 0.3) is 0 Å². The minimum Gasteiger partial charge on any atom is -0.468 e. The van der Waals surface area contributed by atoms with Crippen molar-refractivity contribution < 1.29 is 14.3 Å². The fraction of sp³-hybridized carbons (Fsp3) is 0.385. The quantitative estimate of drug-likeness (QED) is 0.573. The van der Waals surface area contributed by atoms with Crippen LogP contribution < -0.4 is 0 Å². The van der Waals surface area contributed by atoms with Crippen LogP contribution in [0.4, 0.5) is 0 Å². The van der Waals surface area contributed by atoms with E-state index in [9.17, 15) is 9.59 Å². The van der Waals surface area contributed by atoms with Crippen LogP contribution in [-0.4, -0.2) is 18.9 Å². The number of hydrogen-bond acceptors (Lipinski definition) is 3. The van der Waals surface area contributed by atoms with E-state index < -0.39 is 11.9 Å². The van der Waals surface area contributed by atoms with E-state index in [4.69, 9.17) is 0 Å². The van der Waals surface area contributed by atoms with Crippen molar-refractivity contribution in [2.75, 3.05) is 7.11 Å². The second-order valence-electron chi connectivity index (χ2n) is 4.10. The SMILES string of the molecule is COC(=O)C(C)C(=O)C1Cc2ccccc21. The highest BCUT2D eigenvalue weighted by Crippen LogP contribution is 2.37. The lowest BCUT2D eigenvalue weighted by Gasteiger charge is -2.30. The second-order valence-corrected chi connectivity index (χ2v) is 4.10. The molecule has 3 heteroatoms. The first-order valence-electron chi connectivity index (χ1n) is 5.34. The van der Waals surface area contributed by atoms with Crippen molar-refractivity contribution in [2.24, 2.45) is 5.92 Å². The van der Waals surface area contributed by atoms with E-state index in [-0.39, 0.29) is 11.7 Å². The van der Waals surface area contributed by atoms with Crippen LogP contribution in [0.3, 0.4) is 0 Å². The van der Waals surface area contributed by atoms with Crippen LogP contribution in [0, 0.1) is 5.92 Å². The number of hydrogen-bond donors (Lipinski definition) is 0. The highest BCUT2D eigenvalue weighted by Gasteiger charge is 2.36. The third kappa shape index (κ3) is 1.62. The molecule has 0 bridgehead atoms. The van der Waals surface area contributed by atoms with Crippen LogP contribution in [-0.2, 0) is 20.7 Å². The number of rotatable bonds is 3. The average Bonchev–Trinajstić information content (AvgIpc) is 2.28. The fourth-order valence-corrected chi connectivity index (χ4v) is 2.11. The van der Waals surface area contributed by atoms with Crippen molar-refractivity contribution in [2.45, 2.75) is 19.3 Å². The van der Waals surface area contributed by atoms with Crippen molar-refractivity contribution in [3.05, 3.63) is 35.4 Å². The molecule has 16 heavy (non-hydrogen) atoms. The Hall–Kier alpha value is -1.64. The van der Waals surface area contributed by atoms with E-state index in [2.05, 4.69) is 4.74 Å². The van der Waals surface area contributed by atoms with E-state index in [1.54, 1.807) is 6.92 Å².